The average Bonchev–Trinajstić information content (AvgIpc) is 2.65. The minimum absolute atomic E-state index is 0.205. The van der Waals surface area contributed by atoms with Crippen molar-refractivity contribution < 1.29 is 4.74 Å². The molecule has 0 aliphatic rings. The molecule has 1 aromatic heterocycles. The first-order valence-electron chi connectivity index (χ1n) is 4.96. The summed E-state index contributed by atoms with van der Waals surface area (Å²) in [4.78, 5) is 4.20. The lowest BCUT2D eigenvalue weighted by Crippen LogP contribution is -2.05. The van der Waals surface area contributed by atoms with Crippen molar-refractivity contribution in [2.24, 2.45) is 0 Å². The molecular weight excluding hydrogens is 226 g/mol. The van der Waals surface area contributed by atoms with Gasteiger partial charge in [-0.05, 0) is 32.0 Å². The molecule has 0 saturated carbocycles. The number of aromatic amines is 1. The van der Waals surface area contributed by atoms with E-state index in [0.29, 0.717) is 16.6 Å². The van der Waals surface area contributed by atoms with Crippen molar-refractivity contribution in [3.05, 3.63) is 40.9 Å². The second-order valence-corrected chi connectivity index (χ2v) is 3.93. The number of aryl methyl sites for hydroxylation is 1. The predicted octanol–water partition coefficient (Wildman–Crippen LogP) is 2.91. The minimum atomic E-state index is -0.205. The third-order valence-corrected chi connectivity index (χ3v) is 2.32. The number of hydrogen-bond donors (Lipinski definition) is 1. The Bertz CT molecular complexity index is 484. The van der Waals surface area contributed by atoms with Gasteiger partial charge < -0.3 is 4.74 Å². The molecule has 1 heterocycles. The predicted molar refractivity (Wildman–Crippen MR) is 61.6 cm³/mol. The number of benzene rings is 1. The fourth-order valence-electron chi connectivity index (χ4n) is 1.34. The number of nitrogens with zero attached hydrogens (tertiary/aromatic N) is 2. The van der Waals surface area contributed by atoms with E-state index in [1.54, 1.807) is 12.1 Å². The van der Waals surface area contributed by atoms with Crippen LogP contribution in [-0.2, 0) is 0 Å². The van der Waals surface area contributed by atoms with Crippen molar-refractivity contribution in [2.75, 3.05) is 0 Å². The standard InChI is InChI=1S/C11H12ClN3O/c1-7(11-13-8(2)14-15-11)16-10-5-3-4-9(12)6-10/h3-7H,1-2H3,(H,13,14,15)/t7-/m0/s1. The second kappa shape index (κ2) is 4.53. The molecule has 84 valence electrons. The van der Waals surface area contributed by atoms with E-state index in [-0.39, 0.29) is 6.10 Å². The first-order valence-corrected chi connectivity index (χ1v) is 5.34. The number of aromatic nitrogens is 3. The van der Waals surface area contributed by atoms with Gasteiger partial charge in [0, 0.05) is 5.02 Å². The molecule has 1 aromatic carbocycles. The summed E-state index contributed by atoms with van der Waals surface area (Å²) in [6.07, 6.45) is -0.205. The fraction of sp³-hybridized carbons (Fsp3) is 0.273. The van der Waals surface area contributed by atoms with E-state index in [1.165, 1.54) is 0 Å². The normalized spacial score (nSPS) is 12.4. The Morgan fingerprint density at radius 3 is 2.88 bits per heavy atom. The van der Waals surface area contributed by atoms with Gasteiger partial charge in [-0.2, -0.15) is 5.10 Å². The molecule has 4 nitrogen and oxygen atoms in total. The molecule has 2 rings (SSSR count). The Morgan fingerprint density at radius 2 is 2.25 bits per heavy atom. The fourth-order valence-corrected chi connectivity index (χ4v) is 1.52. The molecule has 1 N–H and O–H groups in total. The highest BCUT2D eigenvalue weighted by atomic mass is 35.5. The molecule has 0 aliphatic carbocycles. The van der Waals surface area contributed by atoms with E-state index in [0.717, 1.165) is 5.82 Å². The summed E-state index contributed by atoms with van der Waals surface area (Å²) >= 11 is 5.86. The zero-order valence-corrected chi connectivity index (χ0v) is 9.82. The summed E-state index contributed by atoms with van der Waals surface area (Å²) in [6, 6.07) is 7.25. The van der Waals surface area contributed by atoms with Crippen molar-refractivity contribution in [3.8, 4) is 5.75 Å². The highest BCUT2D eigenvalue weighted by Crippen LogP contribution is 2.22. The van der Waals surface area contributed by atoms with Crippen molar-refractivity contribution in [1.82, 2.24) is 15.2 Å². The molecule has 16 heavy (non-hydrogen) atoms. The third kappa shape index (κ3) is 2.52. The summed E-state index contributed by atoms with van der Waals surface area (Å²) in [5.41, 5.74) is 0. The van der Waals surface area contributed by atoms with Gasteiger partial charge in [-0.1, -0.05) is 17.7 Å². The zero-order valence-electron chi connectivity index (χ0n) is 9.07. The first kappa shape index (κ1) is 11.0. The van der Waals surface area contributed by atoms with E-state index < -0.39 is 0 Å². The van der Waals surface area contributed by atoms with Gasteiger partial charge in [-0.3, -0.25) is 5.10 Å². The van der Waals surface area contributed by atoms with Crippen LogP contribution < -0.4 is 4.74 Å². The summed E-state index contributed by atoms with van der Waals surface area (Å²) < 4.78 is 5.67. The Labute approximate surface area is 98.6 Å². The summed E-state index contributed by atoms with van der Waals surface area (Å²) in [5, 5.41) is 7.47. The molecule has 0 spiro atoms. The van der Waals surface area contributed by atoms with Crippen molar-refractivity contribution in [1.29, 1.82) is 0 Å². The number of ether oxygens (including phenoxy) is 1. The van der Waals surface area contributed by atoms with Crippen LogP contribution in [-0.4, -0.2) is 15.2 Å². The second-order valence-electron chi connectivity index (χ2n) is 3.50. The van der Waals surface area contributed by atoms with Gasteiger partial charge in [0.05, 0.1) is 0 Å². The van der Waals surface area contributed by atoms with Gasteiger partial charge in [0.25, 0.3) is 0 Å². The molecule has 0 unspecified atom stereocenters. The number of rotatable bonds is 3. The number of H-pyrrole nitrogens is 1. The summed E-state index contributed by atoms with van der Waals surface area (Å²) in [6.45, 7) is 3.74. The molecule has 1 atom stereocenters. The van der Waals surface area contributed by atoms with Gasteiger partial charge >= 0.3 is 0 Å². The van der Waals surface area contributed by atoms with Gasteiger partial charge in [0.2, 0.25) is 0 Å². The largest absolute Gasteiger partial charge is 0.483 e. The van der Waals surface area contributed by atoms with E-state index in [9.17, 15) is 0 Å². The maximum atomic E-state index is 5.86. The Balaban J connectivity index is 2.10. The Morgan fingerprint density at radius 1 is 1.44 bits per heavy atom. The Kier molecular flexibility index (Phi) is 3.10. The van der Waals surface area contributed by atoms with Crippen LogP contribution in [0.2, 0.25) is 5.02 Å². The van der Waals surface area contributed by atoms with Crippen molar-refractivity contribution in [2.45, 2.75) is 20.0 Å². The molecule has 5 heteroatoms. The number of nitrogens with one attached hydrogen (secondary N) is 1. The molecule has 0 amide bonds. The van der Waals surface area contributed by atoms with Crippen LogP contribution in [0.15, 0.2) is 24.3 Å². The summed E-state index contributed by atoms with van der Waals surface area (Å²) in [5.74, 6) is 2.12. The smallest absolute Gasteiger partial charge is 0.191 e. The van der Waals surface area contributed by atoms with Crippen LogP contribution in [0, 0.1) is 6.92 Å². The van der Waals surface area contributed by atoms with E-state index in [1.807, 2.05) is 26.0 Å². The van der Waals surface area contributed by atoms with Gasteiger partial charge in [0.1, 0.15) is 11.6 Å². The molecule has 2 aromatic rings. The topological polar surface area (TPSA) is 50.8 Å². The lowest BCUT2D eigenvalue weighted by molar-refractivity contribution is 0.217. The quantitative estimate of drug-likeness (QED) is 0.893. The van der Waals surface area contributed by atoms with Crippen LogP contribution in [0.1, 0.15) is 24.7 Å². The number of halogens is 1. The van der Waals surface area contributed by atoms with E-state index >= 15 is 0 Å². The van der Waals surface area contributed by atoms with Gasteiger partial charge in [0.15, 0.2) is 11.9 Å². The zero-order chi connectivity index (χ0) is 11.5. The molecular formula is C11H12ClN3O. The van der Waals surface area contributed by atoms with Crippen LogP contribution >= 0.6 is 11.6 Å². The highest BCUT2D eigenvalue weighted by Gasteiger charge is 2.12. The number of hydrogen-bond acceptors (Lipinski definition) is 3. The lowest BCUT2D eigenvalue weighted by atomic mass is 10.3. The van der Waals surface area contributed by atoms with Gasteiger partial charge in [-0.15, -0.1) is 0 Å². The van der Waals surface area contributed by atoms with Crippen molar-refractivity contribution >= 4 is 11.6 Å². The molecule has 0 aliphatic heterocycles. The monoisotopic (exact) mass is 237 g/mol. The van der Waals surface area contributed by atoms with Gasteiger partial charge in [-0.25, -0.2) is 4.98 Å². The maximum Gasteiger partial charge on any atom is 0.191 e. The highest BCUT2D eigenvalue weighted by molar-refractivity contribution is 6.30. The SMILES string of the molecule is Cc1nc([C@H](C)Oc2cccc(Cl)c2)n[nH]1. The van der Waals surface area contributed by atoms with Crippen LogP contribution in [0.3, 0.4) is 0 Å². The summed E-state index contributed by atoms with van der Waals surface area (Å²) in [7, 11) is 0. The van der Waals surface area contributed by atoms with E-state index in [4.69, 9.17) is 16.3 Å². The average molecular weight is 238 g/mol. The van der Waals surface area contributed by atoms with E-state index in [2.05, 4.69) is 15.2 Å². The minimum Gasteiger partial charge on any atom is -0.483 e. The third-order valence-electron chi connectivity index (χ3n) is 2.09. The molecule has 0 fully saturated rings. The Hall–Kier alpha value is -1.55. The molecule has 0 radical (unpaired) electrons. The maximum absolute atomic E-state index is 5.86. The van der Waals surface area contributed by atoms with Crippen molar-refractivity contribution in [3.63, 3.8) is 0 Å². The van der Waals surface area contributed by atoms with Crippen LogP contribution in [0.4, 0.5) is 0 Å². The molecule has 0 bridgehead atoms. The van der Waals surface area contributed by atoms with Crippen LogP contribution in [0.5, 0.6) is 5.75 Å². The molecule has 0 saturated heterocycles. The van der Waals surface area contributed by atoms with Crippen LogP contribution in [0.25, 0.3) is 0 Å². The first-order chi connectivity index (χ1) is 7.65. The lowest BCUT2D eigenvalue weighted by Gasteiger charge is -2.11.